The average molecular weight is 180 g/mol. The standard InChI is InChI=1S/C7H8N4S/c1-4(9)5(2-8)6-3-12-7(10)11-6/h3H,9H2,1H3,(H2,10,11)/b5-4+. The van der Waals surface area contributed by atoms with Gasteiger partial charge in [0.1, 0.15) is 6.07 Å². The predicted octanol–water partition coefficient (Wildman–Crippen LogP) is 0.939. The molecule has 0 saturated carbocycles. The summed E-state index contributed by atoms with van der Waals surface area (Å²) >= 11 is 1.29. The molecule has 4 N–H and O–H groups in total. The molecule has 0 aliphatic heterocycles. The minimum atomic E-state index is 0.392. The van der Waals surface area contributed by atoms with Crippen LogP contribution in [0.2, 0.25) is 0 Å². The molecule has 1 rings (SSSR count). The Morgan fingerprint density at radius 2 is 2.42 bits per heavy atom. The van der Waals surface area contributed by atoms with Crippen molar-refractivity contribution in [2.45, 2.75) is 6.92 Å². The van der Waals surface area contributed by atoms with Gasteiger partial charge in [-0.05, 0) is 6.92 Å². The molecule has 1 aromatic rings. The summed E-state index contributed by atoms with van der Waals surface area (Å²) in [6.07, 6.45) is 0. The van der Waals surface area contributed by atoms with Gasteiger partial charge in [0, 0.05) is 11.1 Å². The lowest BCUT2D eigenvalue weighted by atomic mass is 10.2. The Balaban J connectivity index is 3.15. The van der Waals surface area contributed by atoms with Crippen LogP contribution in [0.3, 0.4) is 0 Å². The van der Waals surface area contributed by atoms with Crippen molar-refractivity contribution in [1.29, 1.82) is 5.26 Å². The third-order valence-electron chi connectivity index (χ3n) is 1.28. The Hall–Kier alpha value is -1.54. The highest BCUT2D eigenvalue weighted by molar-refractivity contribution is 7.13. The molecule has 12 heavy (non-hydrogen) atoms. The van der Waals surface area contributed by atoms with E-state index >= 15 is 0 Å². The highest BCUT2D eigenvalue weighted by Gasteiger charge is 2.06. The highest BCUT2D eigenvalue weighted by atomic mass is 32.1. The van der Waals surface area contributed by atoms with Crippen LogP contribution in [0.15, 0.2) is 11.1 Å². The maximum absolute atomic E-state index is 8.70. The lowest BCUT2D eigenvalue weighted by Gasteiger charge is -1.94. The molecule has 4 nitrogen and oxygen atoms in total. The van der Waals surface area contributed by atoms with Crippen molar-refractivity contribution >= 4 is 22.0 Å². The van der Waals surface area contributed by atoms with Crippen molar-refractivity contribution in [3.63, 3.8) is 0 Å². The Bertz CT molecular complexity index is 354. The second-order valence-corrected chi connectivity index (χ2v) is 3.13. The van der Waals surface area contributed by atoms with Crippen LogP contribution in [-0.4, -0.2) is 4.98 Å². The monoisotopic (exact) mass is 180 g/mol. The van der Waals surface area contributed by atoms with Gasteiger partial charge in [-0.15, -0.1) is 11.3 Å². The van der Waals surface area contributed by atoms with Crippen molar-refractivity contribution < 1.29 is 0 Å². The first-order valence-corrected chi connectivity index (χ1v) is 4.11. The fourth-order valence-electron chi connectivity index (χ4n) is 0.750. The Labute approximate surface area is 74.1 Å². The van der Waals surface area contributed by atoms with E-state index in [4.69, 9.17) is 16.7 Å². The second kappa shape index (κ2) is 3.24. The molecular formula is C7H8N4S. The van der Waals surface area contributed by atoms with Crippen LogP contribution >= 0.6 is 11.3 Å². The molecule has 5 heteroatoms. The van der Waals surface area contributed by atoms with E-state index in [1.165, 1.54) is 11.3 Å². The number of nitriles is 1. The molecule has 0 unspecified atom stereocenters. The quantitative estimate of drug-likeness (QED) is 0.629. The van der Waals surface area contributed by atoms with Gasteiger partial charge in [-0.1, -0.05) is 0 Å². The van der Waals surface area contributed by atoms with Gasteiger partial charge in [0.25, 0.3) is 0 Å². The largest absolute Gasteiger partial charge is 0.401 e. The lowest BCUT2D eigenvalue weighted by molar-refractivity contribution is 1.28. The van der Waals surface area contributed by atoms with Crippen molar-refractivity contribution in [2.24, 2.45) is 5.73 Å². The van der Waals surface area contributed by atoms with E-state index < -0.39 is 0 Å². The summed E-state index contributed by atoms with van der Waals surface area (Å²) in [5.41, 5.74) is 12.3. The van der Waals surface area contributed by atoms with E-state index in [-0.39, 0.29) is 0 Å². The summed E-state index contributed by atoms with van der Waals surface area (Å²) < 4.78 is 0. The number of aromatic nitrogens is 1. The summed E-state index contributed by atoms with van der Waals surface area (Å²) in [5.74, 6) is 0. The average Bonchev–Trinajstić information content (AvgIpc) is 2.37. The highest BCUT2D eigenvalue weighted by Crippen LogP contribution is 2.19. The van der Waals surface area contributed by atoms with Gasteiger partial charge in [-0.2, -0.15) is 5.26 Å². The first kappa shape index (κ1) is 8.56. The minimum absolute atomic E-state index is 0.392. The van der Waals surface area contributed by atoms with E-state index in [0.29, 0.717) is 22.1 Å². The van der Waals surface area contributed by atoms with E-state index in [1.54, 1.807) is 12.3 Å². The van der Waals surface area contributed by atoms with Crippen molar-refractivity contribution in [2.75, 3.05) is 5.73 Å². The van der Waals surface area contributed by atoms with Crippen molar-refractivity contribution in [3.8, 4) is 6.07 Å². The topological polar surface area (TPSA) is 88.7 Å². The lowest BCUT2D eigenvalue weighted by Crippen LogP contribution is -1.96. The molecular weight excluding hydrogens is 172 g/mol. The van der Waals surface area contributed by atoms with Crippen molar-refractivity contribution in [3.05, 3.63) is 16.8 Å². The molecule has 0 amide bonds. The Kier molecular flexibility index (Phi) is 2.31. The fourth-order valence-corrected chi connectivity index (χ4v) is 1.30. The Morgan fingerprint density at radius 3 is 2.75 bits per heavy atom. The number of rotatable bonds is 1. The number of anilines is 1. The van der Waals surface area contributed by atoms with Gasteiger partial charge in [0.15, 0.2) is 5.13 Å². The van der Waals surface area contributed by atoms with E-state index in [2.05, 4.69) is 4.98 Å². The molecule has 1 heterocycles. The second-order valence-electron chi connectivity index (χ2n) is 2.24. The molecule has 0 fully saturated rings. The summed E-state index contributed by atoms with van der Waals surface area (Å²) in [4.78, 5) is 3.94. The first-order valence-electron chi connectivity index (χ1n) is 3.23. The maximum Gasteiger partial charge on any atom is 0.180 e. The number of hydrogen-bond donors (Lipinski definition) is 2. The van der Waals surface area contributed by atoms with Gasteiger partial charge in [-0.3, -0.25) is 0 Å². The number of thiazole rings is 1. The van der Waals surface area contributed by atoms with Crippen LogP contribution in [-0.2, 0) is 0 Å². The summed E-state index contributed by atoms with van der Waals surface area (Å²) in [6.45, 7) is 1.66. The molecule has 62 valence electrons. The zero-order valence-electron chi connectivity index (χ0n) is 6.53. The van der Waals surface area contributed by atoms with E-state index in [9.17, 15) is 0 Å². The molecule has 0 radical (unpaired) electrons. The summed E-state index contributed by atoms with van der Waals surface area (Å²) in [7, 11) is 0. The number of nitrogen functional groups attached to an aromatic ring is 1. The third-order valence-corrected chi connectivity index (χ3v) is 1.96. The van der Waals surface area contributed by atoms with Crippen LogP contribution in [0, 0.1) is 11.3 Å². The van der Waals surface area contributed by atoms with Gasteiger partial charge in [0.2, 0.25) is 0 Å². The summed E-state index contributed by atoms with van der Waals surface area (Å²) in [6, 6.07) is 1.97. The number of allylic oxidation sites excluding steroid dienone is 2. The van der Waals surface area contributed by atoms with Gasteiger partial charge < -0.3 is 11.5 Å². The number of nitrogens with zero attached hydrogens (tertiary/aromatic N) is 2. The zero-order chi connectivity index (χ0) is 9.14. The molecule has 0 saturated heterocycles. The molecule has 0 atom stereocenters. The molecule has 0 aliphatic rings. The van der Waals surface area contributed by atoms with Crippen LogP contribution in [0.1, 0.15) is 12.6 Å². The zero-order valence-corrected chi connectivity index (χ0v) is 7.35. The SMILES string of the molecule is C/C(N)=C(/C#N)c1csc(N)n1. The van der Waals surface area contributed by atoms with Gasteiger partial charge in [0.05, 0.1) is 11.3 Å². The maximum atomic E-state index is 8.70. The fraction of sp³-hybridized carbons (Fsp3) is 0.143. The predicted molar refractivity (Wildman–Crippen MR) is 48.9 cm³/mol. The first-order chi connectivity index (χ1) is 5.65. The van der Waals surface area contributed by atoms with Crippen LogP contribution < -0.4 is 11.5 Å². The smallest absolute Gasteiger partial charge is 0.180 e. The van der Waals surface area contributed by atoms with Crippen LogP contribution in [0.5, 0.6) is 0 Å². The molecule has 0 aliphatic carbocycles. The van der Waals surface area contributed by atoms with Gasteiger partial charge >= 0.3 is 0 Å². The molecule has 0 bridgehead atoms. The van der Waals surface area contributed by atoms with Crippen molar-refractivity contribution in [1.82, 2.24) is 4.98 Å². The van der Waals surface area contributed by atoms with E-state index in [0.717, 1.165) is 0 Å². The number of nitrogens with two attached hydrogens (primary N) is 2. The normalized spacial score (nSPS) is 12.0. The summed E-state index contributed by atoms with van der Waals surface area (Å²) in [5, 5.41) is 10.9. The molecule has 1 aromatic heterocycles. The molecule has 0 spiro atoms. The van der Waals surface area contributed by atoms with Crippen LogP contribution in [0.4, 0.5) is 5.13 Å². The van der Waals surface area contributed by atoms with E-state index in [1.807, 2.05) is 6.07 Å². The Morgan fingerprint density at radius 1 is 1.75 bits per heavy atom. The number of hydrogen-bond acceptors (Lipinski definition) is 5. The third kappa shape index (κ3) is 1.54. The molecule has 0 aromatic carbocycles. The minimum Gasteiger partial charge on any atom is -0.401 e. The van der Waals surface area contributed by atoms with Crippen LogP contribution in [0.25, 0.3) is 5.57 Å². The van der Waals surface area contributed by atoms with Gasteiger partial charge in [-0.25, -0.2) is 4.98 Å².